The van der Waals surface area contributed by atoms with Crippen LogP contribution in [0.1, 0.15) is 24.0 Å². The molecule has 6 nitrogen and oxygen atoms in total. The molecular weight excluding hydrogens is 328 g/mol. The van der Waals surface area contributed by atoms with E-state index in [-0.39, 0.29) is 6.03 Å². The van der Waals surface area contributed by atoms with Crippen LogP contribution in [0.25, 0.3) is 0 Å². The summed E-state index contributed by atoms with van der Waals surface area (Å²) in [5.74, 6) is 0.969. The molecule has 2 unspecified atom stereocenters. The Bertz CT molecular complexity index is 731. The van der Waals surface area contributed by atoms with E-state index in [1.165, 1.54) is 18.4 Å². The smallest absolute Gasteiger partial charge is 0.317 e. The average Bonchev–Trinajstić information content (AvgIpc) is 3.21. The van der Waals surface area contributed by atoms with Crippen molar-refractivity contribution in [1.82, 2.24) is 20.0 Å². The molecule has 2 atom stereocenters. The monoisotopic (exact) mass is 354 g/mol. The molecule has 4 rings (SSSR count). The van der Waals surface area contributed by atoms with Gasteiger partial charge in [-0.25, -0.2) is 4.79 Å². The summed E-state index contributed by atoms with van der Waals surface area (Å²) < 4.78 is 7.52. The maximum absolute atomic E-state index is 12.5. The van der Waals surface area contributed by atoms with Crippen molar-refractivity contribution in [2.24, 2.45) is 11.8 Å². The van der Waals surface area contributed by atoms with Gasteiger partial charge in [-0.05, 0) is 18.4 Å². The van der Waals surface area contributed by atoms with Gasteiger partial charge in [-0.15, -0.1) is 0 Å². The highest BCUT2D eigenvalue weighted by atomic mass is 16.5. The summed E-state index contributed by atoms with van der Waals surface area (Å²) in [6, 6.07) is 10.3. The minimum atomic E-state index is 0.0206. The van der Waals surface area contributed by atoms with E-state index >= 15 is 0 Å². The standard InChI is InChI=1S/C20H26N4O2/c1-26-19-17-7-8-18(19)14-23(13-17)20(25)21-9-16-10-22-24(12-16)11-15-5-3-2-4-6-15/h2-6,10,12,17-19H,7-9,11,13-14H2,1H3,(H,21,25). The second kappa shape index (κ2) is 7.50. The minimum absolute atomic E-state index is 0.0206. The van der Waals surface area contributed by atoms with E-state index in [1.54, 1.807) is 7.11 Å². The van der Waals surface area contributed by atoms with Gasteiger partial charge in [-0.3, -0.25) is 4.68 Å². The molecule has 2 aromatic rings. The maximum Gasteiger partial charge on any atom is 0.317 e. The van der Waals surface area contributed by atoms with Crippen molar-refractivity contribution in [2.75, 3.05) is 20.2 Å². The van der Waals surface area contributed by atoms with Crippen molar-refractivity contribution in [3.05, 3.63) is 53.9 Å². The van der Waals surface area contributed by atoms with E-state index in [2.05, 4.69) is 22.5 Å². The second-order valence-electron chi connectivity index (χ2n) is 7.39. The lowest BCUT2D eigenvalue weighted by Gasteiger charge is -2.37. The minimum Gasteiger partial charge on any atom is -0.381 e. The first-order valence-electron chi connectivity index (χ1n) is 9.34. The van der Waals surface area contributed by atoms with E-state index in [0.717, 1.165) is 25.2 Å². The third-order valence-electron chi connectivity index (χ3n) is 5.62. The molecule has 2 heterocycles. The topological polar surface area (TPSA) is 59.4 Å². The molecule has 1 saturated carbocycles. The van der Waals surface area contributed by atoms with Crippen LogP contribution < -0.4 is 5.32 Å². The molecule has 1 saturated heterocycles. The molecule has 138 valence electrons. The molecular formula is C20H26N4O2. The van der Waals surface area contributed by atoms with Crippen LogP contribution in [-0.4, -0.2) is 47.0 Å². The first-order valence-corrected chi connectivity index (χ1v) is 9.34. The number of ether oxygens (including phenoxy) is 1. The quantitative estimate of drug-likeness (QED) is 0.897. The first kappa shape index (κ1) is 17.1. The Hall–Kier alpha value is -2.34. The van der Waals surface area contributed by atoms with Crippen LogP contribution in [0.5, 0.6) is 0 Å². The number of amides is 2. The number of likely N-dealkylation sites (tertiary alicyclic amines) is 1. The lowest BCUT2D eigenvalue weighted by atomic mass is 9.95. The number of fused-ring (bicyclic) bond motifs is 2. The van der Waals surface area contributed by atoms with Crippen LogP contribution in [0.4, 0.5) is 4.79 Å². The van der Waals surface area contributed by atoms with Gasteiger partial charge in [-0.2, -0.15) is 5.10 Å². The van der Waals surface area contributed by atoms with E-state index in [4.69, 9.17) is 4.74 Å². The molecule has 1 aromatic heterocycles. The number of urea groups is 1. The predicted molar refractivity (Wildman–Crippen MR) is 98.6 cm³/mol. The summed E-state index contributed by atoms with van der Waals surface area (Å²) in [6.45, 7) is 2.85. The highest BCUT2D eigenvalue weighted by Crippen LogP contribution is 2.38. The Morgan fingerprint density at radius 1 is 1.19 bits per heavy atom. The van der Waals surface area contributed by atoms with Crippen LogP contribution in [0.2, 0.25) is 0 Å². The Kier molecular flexibility index (Phi) is 4.93. The summed E-state index contributed by atoms with van der Waals surface area (Å²) in [5, 5.41) is 7.43. The lowest BCUT2D eigenvalue weighted by molar-refractivity contribution is -0.00509. The number of methoxy groups -OCH3 is 1. The van der Waals surface area contributed by atoms with Gasteiger partial charge in [0.2, 0.25) is 0 Å². The molecule has 2 bridgehead atoms. The van der Waals surface area contributed by atoms with E-state index in [1.807, 2.05) is 40.2 Å². The maximum atomic E-state index is 12.5. The largest absolute Gasteiger partial charge is 0.381 e. The molecule has 2 amide bonds. The fourth-order valence-electron chi connectivity index (χ4n) is 4.37. The number of carbonyl (C=O) groups is 1. The predicted octanol–water partition coefficient (Wildman–Crippen LogP) is 2.50. The van der Waals surface area contributed by atoms with Crippen LogP contribution in [0.15, 0.2) is 42.7 Å². The summed E-state index contributed by atoms with van der Waals surface area (Å²) in [4.78, 5) is 14.5. The van der Waals surface area contributed by atoms with Crippen molar-refractivity contribution in [2.45, 2.75) is 32.0 Å². The molecule has 0 radical (unpaired) electrons. The molecule has 0 spiro atoms. The van der Waals surface area contributed by atoms with Crippen molar-refractivity contribution in [1.29, 1.82) is 0 Å². The zero-order valence-electron chi connectivity index (χ0n) is 15.2. The van der Waals surface area contributed by atoms with Gasteiger partial charge in [0, 0.05) is 50.3 Å². The van der Waals surface area contributed by atoms with Gasteiger partial charge in [0.05, 0.1) is 18.8 Å². The van der Waals surface area contributed by atoms with Crippen LogP contribution >= 0.6 is 0 Å². The molecule has 6 heteroatoms. The molecule has 2 aliphatic rings. The summed E-state index contributed by atoms with van der Waals surface area (Å²) in [7, 11) is 1.79. The zero-order valence-corrected chi connectivity index (χ0v) is 15.2. The van der Waals surface area contributed by atoms with Crippen LogP contribution in [0, 0.1) is 11.8 Å². The summed E-state index contributed by atoms with van der Waals surface area (Å²) in [5.41, 5.74) is 2.23. The molecule has 1 aromatic carbocycles. The molecule has 2 fully saturated rings. The van der Waals surface area contributed by atoms with Gasteiger partial charge >= 0.3 is 6.03 Å². The van der Waals surface area contributed by atoms with Gasteiger partial charge in [-0.1, -0.05) is 30.3 Å². The number of carbonyl (C=O) groups excluding carboxylic acids is 1. The van der Waals surface area contributed by atoms with Crippen LogP contribution in [-0.2, 0) is 17.8 Å². The number of nitrogens with one attached hydrogen (secondary N) is 1. The van der Waals surface area contributed by atoms with E-state index in [0.29, 0.717) is 24.5 Å². The van der Waals surface area contributed by atoms with E-state index < -0.39 is 0 Å². The van der Waals surface area contributed by atoms with E-state index in [9.17, 15) is 4.79 Å². The lowest BCUT2D eigenvalue weighted by Crippen LogP contribution is -2.51. The molecule has 1 aliphatic heterocycles. The van der Waals surface area contributed by atoms with Gasteiger partial charge in [0.1, 0.15) is 0 Å². The highest BCUT2D eigenvalue weighted by molar-refractivity contribution is 5.74. The summed E-state index contributed by atoms with van der Waals surface area (Å²) in [6.07, 6.45) is 6.48. The number of nitrogens with zero attached hydrogens (tertiary/aromatic N) is 3. The number of benzene rings is 1. The zero-order chi connectivity index (χ0) is 17.9. The van der Waals surface area contributed by atoms with Crippen molar-refractivity contribution < 1.29 is 9.53 Å². The van der Waals surface area contributed by atoms with Crippen molar-refractivity contribution >= 4 is 6.03 Å². The number of aromatic nitrogens is 2. The first-order chi connectivity index (χ1) is 12.7. The highest BCUT2D eigenvalue weighted by Gasteiger charge is 2.43. The number of hydrogen-bond donors (Lipinski definition) is 1. The number of hydrogen-bond acceptors (Lipinski definition) is 3. The van der Waals surface area contributed by atoms with Crippen LogP contribution in [0.3, 0.4) is 0 Å². The van der Waals surface area contributed by atoms with Gasteiger partial charge in [0.25, 0.3) is 0 Å². The van der Waals surface area contributed by atoms with Gasteiger partial charge in [0.15, 0.2) is 0 Å². The molecule has 1 aliphatic carbocycles. The Balaban J connectivity index is 1.29. The Labute approximate surface area is 154 Å². The molecule has 1 N–H and O–H groups in total. The summed E-state index contributed by atoms with van der Waals surface area (Å²) >= 11 is 0. The third-order valence-corrected chi connectivity index (χ3v) is 5.62. The SMILES string of the molecule is COC1C2CCC1CN(C(=O)NCc1cnn(Cc3ccccc3)c1)C2. The Morgan fingerprint density at radius 3 is 2.62 bits per heavy atom. The average molecular weight is 354 g/mol. The fraction of sp³-hybridized carbons (Fsp3) is 0.500. The normalized spacial score (nSPS) is 24.7. The van der Waals surface area contributed by atoms with Crippen molar-refractivity contribution in [3.63, 3.8) is 0 Å². The number of piperidine rings is 1. The fourth-order valence-corrected chi connectivity index (χ4v) is 4.37. The second-order valence-corrected chi connectivity index (χ2v) is 7.39. The number of rotatable bonds is 5. The third kappa shape index (κ3) is 3.60. The van der Waals surface area contributed by atoms with Crippen molar-refractivity contribution in [3.8, 4) is 0 Å². The Morgan fingerprint density at radius 2 is 1.92 bits per heavy atom. The van der Waals surface area contributed by atoms with Gasteiger partial charge < -0.3 is 15.0 Å². The molecule has 26 heavy (non-hydrogen) atoms.